The van der Waals surface area contributed by atoms with Gasteiger partial charge in [-0.05, 0) is 124 Å². The van der Waals surface area contributed by atoms with Crippen molar-refractivity contribution in [3.8, 4) is 5.75 Å². The minimum Gasteiger partial charge on any atom is -0.491 e. The van der Waals surface area contributed by atoms with Gasteiger partial charge in [-0.25, -0.2) is 13.2 Å². The van der Waals surface area contributed by atoms with Crippen molar-refractivity contribution >= 4 is 5.57 Å². The summed E-state index contributed by atoms with van der Waals surface area (Å²) in [5, 5.41) is 10.2. The minimum atomic E-state index is -0.949. The molecule has 2 aromatic carbocycles. The normalized spacial score (nSPS) is 26.7. The number of hydrogen-bond donors (Lipinski definition) is 1. The van der Waals surface area contributed by atoms with E-state index >= 15 is 0 Å². The van der Waals surface area contributed by atoms with E-state index in [1.165, 1.54) is 44.6 Å². The molecule has 6 heteroatoms. The van der Waals surface area contributed by atoms with Crippen LogP contribution in [0.5, 0.6) is 5.75 Å². The molecule has 2 unspecified atom stereocenters. The predicted molar refractivity (Wildman–Crippen MR) is 168 cm³/mol. The molecule has 0 heterocycles. The van der Waals surface area contributed by atoms with Crippen molar-refractivity contribution in [2.45, 2.75) is 122 Å². The first kappa shape index (κ1) is 33.0. The second kappa shape index (κ2) is 15.3. The summed E-state index contributed by atoms with van der Waals surface area (Å²) in [7, 11) is 0. The molecule has 0 amide bonds. The van der Waals surface area contributed by atoms with Crippen molar-refractivity contribution in [1.29, 1.82) is 0 Å². The molecular formula is C38H50F4O2. The van der Waals surface area contributed by atoms with E-state index in [1.807, 2.05) is 6.92 Å². The van der Waals surface area contributed by atoms with Crippen LogP contribution in [-0.2, 0) is 0 Å². The van der Waals surface area contributed by atoms with Crippen LogP contribution in [-0.4, -0.2) is 11.7 Å². The Morgan fingerprint density at radius 2 is 1.43 bits per heavy atom. The van der Waals surface area contributed by atoms with Crippen LogP contribution in [0.1, 0.15) is 139 Å². The van der Waals surface area contributed by atoms with Crippen LogP contribution >= 0.6 is 0 Å². The summed E-state index contributed by atoms with van der Waals surface area (Å²) in [5.41, 5.74) is 1.85. The molecule has 2 aromatic rings. The van der Waals surface area contributed by atoms with Crippen LogP contribution in [0.3, 0.4) is 0 Å². The van der Waals surface area contributed by atoms with Gasteiger partial charge in [-0.1, -0.05) is 57.2 Å². The molecule has 0 aliphatic heterocycles. The summed E-state index contributed by atoms with van der Waals surface area (Å²) >= 11 is 0. The van der Waals surface area contributed by atoms with Crippen molar-refractivity contribution in [3.05, 3.63) is 70.3 Å². The molecule has 3 aliphatic rings. The Morgan fingerprint density at radius 1 is 0.750 bits per heavy atom. The number of aliphatic hydroxyl groups excluding tert-OH is 1. The summed E-state index contributed by atoms with van der Waals surface area (Å²) in [6, 6.07) is 6.49. The summed E-state index contributed by atoms with van der Waals surface area (Å²) in [6.07, 6.45) is 16.6. The predicted octanol–water partition coefficient (Wildman–Crippen LogP) is 11.2. The summed E-state index contributed by atoms with van der Waals surface area (Å²) in [4.78, 5) is 0. The lowest BCUT2D eigenvalue weighted by Crippen LogP contribution is -2.24. The average molecular weight is 615 g/mol. The highest BCUT2D eigenvalue weighted by atomic mass is 19.2. The van der Waals surface area contributed by atoms with E-state index < -0.39 is 29.4 Å². The van der Waals surface area contributed by atoms with Gasteiger partial charge < -0.3 is 9.84 Å². The van der Waals surface area contributed by atoms with E-state index in [0.29, 0.717) is 48.3 Å². The second-order valence-electron chi connectivity index (χ2n) is 13.7. The summed E-state index contributed by atoms with van der Waals surface area (Å²) in [6.45, 7) is 3.98. The lowest BCUT2D eigenvalue weighted by Gasteiger charge is -2.36. The van der Waals surface area contributed by atoms with Crippen LogP contribution < -0.4 is 4.74 Å². The zero-order chi connectivity index (χ0) is 31.2. The number of halogens is 4. The lowest BCUT2D eigenvalue weighted by atomic mass is 9.69. The number of rotatable bonds is 11. The van der Waals surface area contributed by atoms with Crippen LogP contribution in [0.2, 0.25) is 0 Å². The molecule has 44 heavy (non-hydrogen) atoms. The summed E-state index contributed by atoms with van der Waals surface area (Å²) < 4.78 is 64.0. The molecule has 0 spiro atoms. The molecule has 5 rings (SSSR count). The van der Waals surface area contributed by atoms with Crippen molar-refractivity contribution in [2.24, 2.45) is 23.7 Å². The topological polar surface area (TPSA) is 29.5 Å². The fraction of sp³-hybridized carbons (Fsp3) is 0.632. The molecule has 0 saturated heterocycles. The highest BCUT2D eigenvalue weighted by molar-refractivity contribution is 5.67. The quantitative estimate of drug-likeness (QED) is 0.255. The number of allylic oxidation sites excluding steroid dienone is 2. The molecule has 0 radical (unpaired) electrons. The van der Waals surface area contributed by atoms with Crippen molar-refractivity contribution in [3.63, 3.8) is 0 Å². The Bertz CT molecular complexity index is 1270. The van der Waals surface area contributed by atoms with Gasteiger partial charge in [-0.15, -0.1) is 0 Å². The first-order chi connectivity index (χ1) is 21.3. The van der Waals surface area contributed by atoms with E-state index in [2.05, 4.69) is 6.08 Å². The van der Waals surface area contributed by atoms with Gasteiger partial charge in [0, 0.05) is 11.1 Å². The third-order valence-electron chi connectivity index (χ3n) is 11.0. The zero-order valence-corrected chi connectivity index (χ0v) is 26.5. The van der Waals surface area contributed by atoms with Crippen LogP contribution in [0.15, 0.2) is 30.3 Å². The largest absolute Gasteiger partial charge is 0.491 e. The highest BCUT2D eigenvalue weighted by Gasteiger charge is 2.31. The van der Waals surface area contributed by atoms with Crippen molar-refractivity contribution < 1.29 is 27.4 Å². The Morgan fingerprint density at radius 3 is 2.05 bits per heavy atom. The highest BCUT2D eigenvalue weighted by Crippen LogP contribution is 2.45. The molecule has 1 N–H and O–H groups in total. The molecule has 3 aliphatic carbocycles. The first-order valence-electron chi connectivity index (χ1n) is 17.3. The Labute approximate surface area is 261 Å². The smallest absolute Gasteiger partial charge is 0.201 e. The first-order valence-corrected chi connectivity index (χ1v) is 17.3. The van der Waals surface area contributed by atoms with Gasteiger partial charge in [0.2, 0.25) is 5.82 Å². The molecule has 0 aromatic heterocycles. The Balaban J connectivity index is 1.04. The second-order valence-corrected chi connectivity index (χ2v) is 13.7. The van der Waals surface area contributed by atoms with Crippen molar-refractivity contribution in [1.82, 2.24) is 0 Å². The molecule has 2 fully saturated rings. The number of benzene rings is 2. The van der Waals surface area contributed by atoms with Crippen LogP contribution in [0, 0.1) is 46.9 Å². The minimum absolute atomic E-state index is 0.0231. The van der Waals surface area contributed by atoms with Crippen molar-refractivity contribution in [2.75, 3.05) is 6.61 Å². The molecule has 2 atom stereocenters. The van der Waals surface area contributed by atoms with E-state index in [1.54, 1.807) is 25.1 Å². The molecule has 2 saturated carbocycles. The number of ether oxygens (including phenoxy) is 1. The van der Waals surface area contributed by atoms with E-state index in [9.17, 15) is 22.7 Å². The van der Waals surface area contributed by atoms with Gasteiger partial charge in [0.25, 0.3) is 0 Å². The fourth-order valence-corrected chi connectivity index (χ4v) is 8.34. The van der Waals surface area contributed by atoms with Gasteiger partial charge in [0.05, 0.1) is 12.7 Å². The Hall–Kier alpha value is -2.34. The molecule has 242 valence electrons. The molecular weight excluding hydrogens is 564 g/mol. The third-order valence-corrected chi connectivity index (χ3v) is 11.0. The van der Waals surface area contributed by atoms with Gasteiger partial charge in [0.1, 0.15) is 0 Å². The van der Waals surface area contributed by atoms with Gasteiger partial charge >= 0.3 is 0 Å². The molecule has 0 bridgehead atoms. The monoisotopic (exact) mass is 614 g/mol. The van der Waals surface area contributed by atoms with Crippen LogP contribution in [0.25, 0.3) is 5.57 Å². The van der Waals surface area contributed by atoms with Gasteiger partial charge in [-0.2, -0.15) is 4.39 Å². The van der Waals surface area contributed by atoms with E-state index in [4.69, 9.17) is 4.74 Å². The maximum atomic E-state index is 14.9. The number of hydrogen-bond acceptors (Lipinski definition) is 2. The van der Waals surface area contributed by atoms with E-state index in [-0.39, 0.29) is 17.2 Å². The summed E-state index contributed by atoms with van der Waals surface area (Å²) in [5.74, 6) is -0.516. The lowest BCUT2D eigenvalue weighted by molar-refractivity contribution is 0.160. The third kappa shape index (κ3) is 7.54. The molecule has 2 nitrogen and oxygen atoms in total. The van der Waals surface area contributed by atoms with Gasteiger partial charge in [-0.3, -0.25) is 0 Å². The SMILES string of the molecule is CCCC(O)c1ccc(C2CCC(CCC3CCC(C4CC=C(c5ccc(OCC)c(F)c5F)CC4)CC3)CC2)c(F)c1F. The standard InChI is InChI=1S/C38H50F4O2/c1-3-5-33(43)32-21-20-30(35(39)37(32)41)28-14-10-25(11-15-28)7-6-24-8-12-26(13-9-24)27-16-18-29(19-17-27)31-22-23-34(44-4-2)38(42)36(31)40/h18,20-28,33,43H,3-17,19H2,1-2H3. The zero-order valence-electron chi connectivity index (χ0n) is 26.5. The van der Waals surface area contributed by atoms with Gasteiger partial charge in [0.15, 0.2) is 23.2 Å². The van der Waals surface area contributed by atoms with Crippen LogP contribution in [0.4, 0.5) is 17.6 Å². The van der Waals surface area contributed by atoms with E-state index in [0.717, 1.165) is 56.4 Å². The Kier molecular flexibility index (Phi) is 11.5. The number of aliphatic hydroxyl groups is 1. The maximum absolute atomic E-state index is 14.9. The average Bonchev–Trinajstić information content (AvgIpc) is 3.04. The fourth-order valence-electron chi connectivity index (χ4n) is 8.34. The maximum Gasteiger partial charge on any atom is 0.201 e.